The topological polar surface area (TPSA) is 45.5 Å². The Morgan fingerprint density at radius 1 is 1.29 bits per heavy atom. The summed E-state index contributed by atoms with van der Waals surface area (Å²) in [5.74, 6) is 0. The predicted octanol–water partition coefficient (Wildman–Crippen LogP) is 1.30. The second kappa shape index (κ2) is 3.72. The number of pyridine rings is 1. The van der Waals surface area contributed by atoms with Gasteiger partial charge in [-0.1, -0.05) is 6.08 Å². The molecule has 1 aliphatic rings. The van der Waals surface area contributed by atoms with E-state index in [4.69, 9.17) is 5.11 Å². The molecule has 1 N–H and O–H groups in total. The van der Waals surface area contributed by atoms with E-state index >= 15 is 0 Å². The molecular formula is C11H12N2O. The van der Waals surface area contributed by atoms with E-state index in [1.54, 1.807) is 18.6 Å². The normalized spacial score (nSPS) is 24.4. The van der Waals surface area contributed by atoms with Gasteiger partial charge in [0, 0.05) is 31.6 Å². The van der Waals surface area contributed by atoms with Gasteiger partial charge in [-0.15, -0.1) is 0 Å². The molecule has 1 aliphatic heterocycles. The maximum absolute atomic E-state index is 9.03. The highest BCUT2D eigenvalue weighted by molar-refractivity contribution is 5.75. The Kier molecular flexibility index (Phi) is 2.41. The molecule has 0 bridgehead atoms. The second-order valence-electron chi connectivity index (χ2n) is 3.27. The summed E-state index contributed by atoms with van der Waals surface area (Å²) >= 11 is 0. The largest absolute Gasteiger partial charge is 0.396 e. The van der Waals surface area contributed by atoms with E-state index in [9.17, 15) is 0 Å². The fourth-order valence-electron chi connectivity index (χ4n) is 1.70. The fraction of sp³-hybridized carbons (Fsp3) is 0.273. The molecule has 3 heteroatoms. The van der Waals surface area contributed by atoms with Crippen LogP contribution in [0.3, 0.4) is 0 Å². The van der Waals surface area contributed by atoms with E-state index in [0.29, 0.717) is 6.42 Å². The molecule has 0 aliphatic carbocycles. The third-order valence-electron chi connectivity index (χ3n) is 2.44. The number of rotatable bonds is 3. The van der Waals surface area contributed by atoms with Gasteiger partial charge in [0.15, 0.2) is 0 Å². The first-order valence-electron chi connectivity index (χ1n) is 4.62. The van der Waals surface area contributed by atoms with Crippen LogP contribution in [0.5, 0.6) is 0 Å². The highest BCUT2D eigenvalue weighted by atomic mass is 16.3. The maximum Gasteiger partial charge on any atom is 0.106 e. The summed E-state index contributed by atoms with van der Waals surface area (Å²) in [4.78, 5) is 8.37. The Morgan fingerprint density at radius 2 is 2.07 bits per heavy atom. The first-order valence-corrected chi connectivity index (χ1v) is 4.62. The SMILES string of the molecule is OCCC1(c2ccncc2)C=CC=N1. The van der Waals surface area contributed by atoms with Crippen molar-refractivity contribution in [3.05, 3.63) is 42.2 Å². The Bertz CT molecular complexity index is 345. The summed E-state index contributed by atoms with van der Waals surface area (Å²) < 4.78 is 0. The molecule has 72 valence electrons. The number of aliphatic hydroxyl groups is 1. The number of aliphatic hydroxyl groups excluding tert-OH is 1. The number of hydrogen-bond acceptors (Lipinski definition) is 3. The van der Waals surface area contributed by atoms with Crippen molar-refractivity contribution in [2.45, 2.75) is 12.0 Å². The predicted molar refractivity (Wildman–Crippen MR) is 55.2 cm³/mol. The monoisotopic (exact) mass is 188 g/mol. The van der Waals surface area contributed by atoms with Crippen LogP contribution in [-0.4, -0.2) is 22.9 Å². The third-order valence-corrected chi connectivity index (χ3v) is 2.44. The van der Waals surface area contributed by atoms with Crippen molar-refractivity contribution in [1.82, 2.24) is 4.98 Å². The first-order chi connectivity index (χ1) is 6.87. The zero-order chi connectivity index (χ0) is 9.86. The van der Waals surface area contributed by atoms with Gasteiger partial charge >= 0.3 is 0 Å². The zero-order valence-electron chi connectivity index (χ0n) is 7.80. The van der Waals surface area contributed by atoms with Crippen LogP contribution in [0.4, 0.5) is 0 Å². The van der Waals surface area contributed by atoms with Gasteiger partial charge in [0.2, 0.25) is 0 Å². The molecule has 0 radical (unpaired) electrons. The van der Waals surface area contributed by atoms with Gasteiger partial charge < -0.3 is 5.11 Å². The molecule has 0 aromatic carbocycles. The average molecular weight is 188 g/mol. The van der Waals surface area contributed by atoms with Crippen molar-refractivity contribution in [1.29, 1.82) is 0 Å². The molecule has 1 unspecified atom stereocenters. The highest BCUT2D eigenvalue weighted by Crippen LogP contribution is 2.32. The second-order valence-corrected chi connectivity index (χ2v) is 3.27. The van der Waals surface area contributed by atoms with E-state index in [0.717, 1.165) is 5.56 Å². The molecule has 0 fully saturated rings. The molecule has 1 aromatic rings. The fourth-order valence-corrected chi connectivity index (χ4v) is 1.70. The summed E-state index contributed by atoms with van der Waals surface area (Å²) in [6.07, 6.45) is 9.81. The van der Waals surface area contributed by atoms with Crippen LogP contribution in [-0.2, 0) is 5.54 Å². The van der Waals surface area contributed by atoms with Crippen LogP contribution in [0, 0.1) is 0 Å². The quantitative estimate of drug-likeness (QED) is 0.777. The van der Waals surface area contributed by atoms with E-state index < -0.39 is 0 Å². The molecule has 2 heterocycles. The lowest BCUT2D eigenvalue weighted by Crippen LogP contribution is -2.20. The van der Waals surface area contributed by atoms with E-state index in [-0.39, 0.29) is 12.1 Å². The zero-order valence-corrected chi connectivity index (χ0v) is 7.80. The van der Waals surface area contributed by atoms with Crippen molar-refractivity contribution < 1.29 is 5.11 Å². The minimum absolute atomic E-state index is 0.129. The van der Waals surface area contributed by atoms with Gasteiger partial charge in [-0.05, 0) is 23.8 Å². The molecule has 2 rings (SSSR count). The third kappa shape index (κ3) is 1.46. The molecule has 1 aromatic heterocycles. The van der Waals surface area contributed by atoms with Crippen molar-refractivity contribution in [2.24, 2.45) is 4.99 Å². The standard InChI is InChI=1S/C11H12N2O/c14-9-5-11(4-1-6-13-11)10-2-7-12-8-3-10/h1-4,6-8,14H,5,9H2. The van der Waals surface area contributed by atoms with Gasteiger partial charge in [-0.25, -0.2) is 0 Å². The van der Waals surface area contributed by atoms with Gasteiger partial charge in [0.05, 0.1) is 0 Å². The van der Waals surface area contributed by atoms with Crippen LogP contribution in [0.15, 0.2) is 41.7 Å². The van der Waals surface area contributed by atoms with Crippen molar-refractivity contribution >= 4 is 6.21 Å². The lowest BCUT2D eigenvalue weighted by atomic mass is 9.89. The maximum atomic E-state index is 9.03. The molecule has 0 saturated carbocycles. The average Bonchev–Trinajstić information content (AvgIpc) is 2.70. The van der Waals surface area contributed by atoms with Gasteiger partial charge in [-0.3, -0.25) is 9.98 Å². The van der Waals surface area contributed by atoms with E-state index in [2.05, 4.69) is 9.98 Å². The smallest absolute Gasteiger partial charge is 0.106 e. The molecular weight excluding hydrogens is 176 g/mol. The molecule has 0 amide bonds. The molecule has 14 heavy (non-hydrogen) atoms. The Balaban J connectivity index is 2.37. The number of nitrogens with zero attached hydrogens (tertiary/aromatic N) is 2. The van der Waals surface area contributed by atoms with Crippen LogP contribution in [0.1, 0.15) is 12.0 Å². The van der Waals surface area contributed by atoms with E-state index in [1.165, 1.54) is 0 Å². The van der Waals surface area contributed by atoms with Crippen LogP contribution < -0.4 is 0 Å². The summed E-state index contributed by atoms with van der Waals surface area (Å²) in [7, 11) is 0. The lowest BCUT2D eigenvalue weighted by Gasteiger charge is -2.23. The Morgan fingerprint density at radius 3 is 2.64 bits per heavy atom. The van der Waals surface area contributed by atoms with Gasteiger partial charge in [0.25, 0.3) is 0 Å². The van der Waals surface area contributed by atoms with Gasteiger partial charge in [0.1, 0.15) is 5.54 Å². The van der Waals surface area contributed by atoms with E-state index in [1.807, 2.05) is 24.3 Å². The van der Waals surface area contributed by atoms with Crippen LogP contribution in [0.2, 0.25) is 0 Å². The number of aromatic nitrogens is 1. The molecule has 0 saturated heterocycles. The number of allylic oxidation sites excluding steroid dienone is 1. The lowest BCUT2D eigenvalue weighted by molar-refractivity contribution is 0.259. The minimum Gasteiger partial charge on any atom is -0.396 e. The van der Waals surface area contributed by atoms with Gasteiger partial charge in [-0.2, -0.15) is 0 Å². The van der Waals surface area contributed by atoms with Crippen molar-refractivity contribution in [3.63, 3.8) is 0 Å². The van der Waals surface area contributed by atoms with Crippen molar-refractivity contribution in [2.75, 3.05) is 6.61 Å². The van der Waals surface area contributed by atoms with Crippen LogP contribution >= 0.6 is 0 Å². The minimum atomic E-state index is -0.363. The Labute approximate surface area is 82.8 Å². The summed E-state index contributed by atoms with van der Waals surface area (Å²) in [5, 5.41) is 9.03. The van der Waals surface area contributed by atoms with Crippen LogP contribution in [0.25, 0.3) is 0 Å². The number of aliphatic imine (C=N–C) groups is 1. The highest BCUT2D eigenvalue weighted by Gasteiger charge is 2.29. The summed E-state index contributed by atoms with van der Waals surface area (Å²) in [5.41, 5.74) is 0.712. The molecule has 3 nitrogen and oxygen atoms in total. The summed E-state index contributed by atoms with van der Waals surface area (Å²) in [6, 6.07) is 3.87. The molecule has 0 spiro atoms. The number of hydrogen-bond donors (Lipinski definition) is 1. The Hall–Kier alpha value is -1.48. The first kappa shape index (κ1) is 9.09. The summed E-state index contributed by atoms with van der Waals surface area (Å²) in [6.45, 7) is 0.129. The van der Waals surface area contributed by atoms with Crippen molar-refractivity contribution in [3.8, 4) is 0 Å². The molecule has 1 atom stereocenters.